The fraction of sp³-hybridized carbons (Fsp3) is 0.0556. The number of aromatic hydroxyl groups is 2. The van der Waals surface area contributed by atoms with Crippen molar-refractivity contribution in [2.75, 3.05) is 10.9 Å². The lowest BCUT2D eigenvalue weighted by Gasteiger charge is -2.04. The van der Waals surface area contributed by atoms with Crippen LogP contribution in [0.15, 0.2) is 58.7 Å². The number of nitrogens with zero attached hydrogens (tertiary/aromatic N) is 5. The second-order valence-electron chi connectivity index (χ2n) is 5.49. The van der Waals surface area contributed by atoms with Crippen molar-refractivity contribution in [3.63, 3.8) is 0 Å². The molecule has 0 spiro atoms. The highest BCUT2D eigenvalue weighted by atomic mass is 16.3. The Morgan fingerprint density at radius 2 is 1.30 bits per heavy atom. The predicted octanol–water partition coefficient (Wildman–Crippen LogP) is 2.48. The van der Waals surface area contributed by atoms with E-state index in [1.54, 1.807) is 67.9 Å². The van der Waals surface area contributed by atoms with Gasteiger partial charge < -0.3 is 10.2 Å². The number of hydrogen-bond acceptors (Lipinski definition) is 9. The van der Waals surface area contributed by atoms with Gasteiger partial charge in [0.05, 0.1) is 12.4 Å². The molecule has 136 valence electrons. The number of hydrazone groups is 2. The molecule has 0 amide bonds. The van der Waals surface area contributed by atoms with Crippen LogP contribution in [0.5, 0.6) is 11.5 Å². The van der Waals surface area contributed by atoms with Crippen LogP contribution in [0.4, 0.5) is 11.8 Å². The van der Waals surface area contributed by atoms with Gasteiger partial charge in [-0.2, -0.15) is 15.2 Å². The van der Waals surface area contributed by atoms with Gasteiger partial charge in [-0.05, 0) is 66.6 Å². The van der Waals surface area contributed by atoms with Gasteiger partial charge in [-0.1, -0.05) is 0 Å². The number of nitrogens with one attached hydrogen (secondary N) is 2. The molecule has 9 nitrogen and oxygen atoms in total. The molecule has 0 unspecified atom stereocenters. The molecule has 0 aliphatic rings. The molecule has 0 fully saturated rings. The Labute approximate surface area is 155 Å². The molecular weight excluding hydrogens is 346 g/mol. The minimum Gasteiger partial charge on any atom is -0.508 e. The van der Waals surface area contributed by atoms with Gasteiger partial charge in [0.25, 0.3) is 5.95 Å². The normalized spacial score (nSPS) is 11.1. The van der Waals surface area contributed by atoms with Crippen LogP contribution in [0.1, 0.15) is 16.8 Å². The molecule has 0 atom stereocenters. The molecule has 3 aromatic rings. The number of hydrogen-bond donors (Lipinski definition) is 4. The highest BCUT2D eigenvalue weighted by Gasteiger charge is 2.04. The van der Waals surface area contributed by atoms with Gasteiger partial charge in [0.15, 0.2) is 5.82 Å². The molecule has 9 heteroatoms. The maximum atomic E-state index is 9.27. The van der Waals surface area contributed by atoms with Gasteiger partial charge in [0.1, 0.15) is 17.2 Å². The molecule has 1 heterocycles. The summed E-state index contributed by atoms with van der Waals surface area (Å²) in [6.07, 6.45) is 3.16. The quantitative estimate of drug-likeness (QED) is 0.391. The van der Waals surface area contributed by atoms with Crippen molar-refractivity contribution >= 4 is 24.2 Å². The Balaban J connectivity index is 1.63. The average Bonchev–Trinajstić information content (AvgIpc) is 2.67. The fourth-order valence-corrected chi connectivity index (χ4v) is 1.99. The summed E-state index contributed by atoms with van der Waals surface area (Å²) >= 11 is 0. The van der Waals surface area contributed by atoms with Crippen molar-refractivity contribution in [2.45, 2.75) is 6.92 Å². The van der Waals surface area contributed by atoms with Crippen LogP contribution < -0.4 is 10.9 Å². The van der Waals surface area contributed by atoms with Crippen molar-refractivity contribution in [1.82, 2.24) is 15.2 Å². The number of phenolic OH excluding ortho intramolecular Hbond substituents is 2. The van der Waals surface area contributed by atoms with Gasteiger partial charge in [-0.25, -0.2) is 5.43 Å². The molecule has 0 aliphatic carbocycles. The highest BCUT2D eigenvalue weighted by Crippen LogP contribution is 2.11. The standard InChI is InChI=1S/C18H17N7O2/c1-12-17(23-19-10-13-2-6-15(26)7-3-13)21-18(25-22-12)24-20-11-14-4-8-16(27)9-5-14/h2-11,26-27H,1H3,(H2,21,23,24,25). The van der Waals surface area contributed by atoms with Crippen LogP contribution >= 0.6 is 0 Å². The van der Waals surface area contributed by atoms with E-state index in [0.717, 1.165) is 11.1 Å². The number of phenols is 2. The average molecular weight is 363 g/mol. The zero-order valence-electron chi connectivity index (χ0n) is 14.4. The first kappa shape index (κ1) is 17.8. The van der Waals surface area contributed by atoms with Crippen LogP contribution in [0.25, 0.3) is 0 Å². The van der Waals surface area contributed by atoms with E-state index in [1.165, 1.54) is 0 Å². The molecular formula is C18H17N7O2. The molecule has 3 rings (SSSR count). The second kappa shape index (κ2) is 8.39. The minimum absolute atomic E-state index is 0.190. The molecule has 2 aromatic carbocycles. The van der Waals surface area contributed by atoms with Crippen molar-refractivity contribution in [1.29, 1.82) is 0 Å². The fourth-order valence-electron chi connectivity index (χ4n) is 1.99. The van der Waals surface area contributed by atoms with Gasteiger partial charge in [-0.3, -0.25) is 5.43 Å². The van der Waals surface area contributed by atoms with Crippen molar-refractivity contribution < 1.29 is 10.2 Å². The zero-order valence-corrected chi connectivity index (χ0v) is 14.4. The van der Waals surface area contributed by atoms with Gasteiger partial charge in [0.2, 0.25) is 0 Å². The molecule has 0 bridgehead atoms. The first-order valence-electron chi connectivity index (χ1n) is 7.98. The van der Waals surface area contributed by atoms with Crippen LogP contribution in [0, 0.1) is 6.92 Å². The Kier molecular flexibility index (Phi) is 5.53. The molecule has 27 heavy (non-hydrogen) atoms. The molecule has 0 saturated carbocycles. The van der Waals surface area contributed by atoms with Gasteiger partial charge in [-0.15, -0.1) is 10.2 Å². The van der Waals surface area contributed by atoms with Gasteiger partial charge >= 0.3 is 0 Å². The topological polar surface area (TPSA) is 128 Å². The summed E-state index contributed by atoms with van der Waals surface area (Å²) in [6.45, 7) is 1.75. The van der Waals surface area contributed by atoms with Crippen LogP contribution in [0.3, 0.4) is 0 Å². The highest BCUT2D eigenvalue weighted by molar-refractivity contribution is 5.80. The summed E-state index contributed by atoms with van der Waals surface area (Å²) in [5, 5.41) is 34.6. The molecule has 1 aromatic heterocycles. The third-order valence-corrected chi connectivity index (χ3v) is 3.40. The minimum atomic E-state index is 0.190. The van der Waals surface area contributed by atoms with E-state index < -0.39 is 0 Å². The smallest absolute Gasteiger partial charge is 0.265 e. The Morgan fingerprint density at radius 1 is 0.778 bits per heavy atom. The summed E-state index contributed by atoms with van der Waals surface area (Å²) < 4.78 is 0. The molecule has 0 saturated heterocycles. The van der Waals surface area contributed by atoms with Crippen LogP contribution in [-0.2, 0) is 0 Å². The molecule has 4 N–H and O–H groups in total. The molecule has 0 aliphatic heterocycles. The van der Waals surface area contributed by atoms with E-state index in [9.17, 15) is 10.2 Å². The summed E-state index contributed by atoms with van der Waals surface area (Å²) in [7, 11) is 0. The first-order chi connectivity index (χ1) is 13.1. The number of aryl methyl sites for hydroxylation is 1. The summed E-state index contributed by atoms with van der Waals surface area (Å²) in [5.41, 5.74) is 7.69. The van der Waals surface area contributed by atoms with E-state index in [1.807, 2.05) is 0 Å². The number of rotatable bonds is 6. The van der Waals surface area contributed by atoms with Gasteiger partial charge in [0, 0.05) is 0 Å². The Bertz CT molecular complexity index is 954. The number of anilines is 2. The maximum absolute atomic E-state index is 9.27. The number of aromatic nitrogens is 3. The lowest BCUT2D eigenvalue weighted by atomic mass is 10.2. The first-order valence-corrected chi connectivity index (χ1v) is 7.98. The van der Waals surface area contributed by atoms with E-state index >= 15 is 0 Å². The predicted molar refractivity (Wildman–Crippen MR) is 103 cm³/mol. The van der Waals surface area contributed by atoms with E-state index in [2.05, 4.69) is 36.2 Å². The third-order valence-electron chi connectivity index (χ3n) is 3.40. The third kappa shape index (κ3) is 5.23. The van der Waals surface area contributed by atoms with E-state index in [4.69, 9.17) is 0 Å². The van der Waals surface area contributed by atoms with Crippen LogP contribution in [-0.4, -0.2) is 37.8 Å². The molecule has 0 radical (unpaired) electrons. The summed E-state index contributed by atoms with van der Waals surface area (Å²) in [5.74, 6) is 1.02. The SMILES string of the molecule is Cc1nnc(NN=Cc2ccc(O)cc2)nc1NN=Cc1ccc(O)cc1. The monoisotopic (exact) mass is 363 g/mol. The second-order valence-corrected chi connectivity index (χ2v) is 5.49. The zero-order chi connectivity index (χ0) is 19.1. The summed E-state index contributed by atoms with van der Waals surface area (Å²) in [6, 6.07) is 13.2. The van der Waals surface area contributed by atoms with Crippen LogP contribution in [0.2, 0.25) is 0 Å². The van der Waals surface area contributed by atoms with Crippen molar-refractivity contribution in [3.05, 3.63) is 65.4 Å². The maximum Gasteiger partial charge on any atom is 0.265 e. The lowest BCUT2D eigenvalue weighted by Crippen LogP contribution is -2.05. The number of benzene rings is 2. The Morgan fingerprint density at radius 3 is 1.85 bits per heavy atom. The summed E-state index contributed by atoms with van der Waals surface area (Å²) in [4.78, 5) is 4.26. The van der Waals surface area contributed by atoms with E-state index in [-0.39, 0.29) is 17.4 Å². The van der Waals surface area contributed by atoms with Crippen molar-refractivity contribution in [2.24, 2.45) is 10.2 Å². The van der Waals surface area contributed by atoms with E-state index in [0.29, 0.717) is 11.5 Å². The lowest BCUT2D eigenvalue weighted by molar-refractivity contribution is 0.475. The largest absolute Gasteiger partial charge is 0.508 e. The Hall–Kier alpha value is -4.01. The van der Waals surface area contributed by atoms with Crippen molar-refractivity contribution in [3.8, 4) is 11.5 Å².